The van der Waals surface area contributed by atoms with E-state index in [0.29, 0.717) is 19.5 Å². The Balaban J connectivity index is 2.20. The van der Waals surface area contributed by atoms with Gasteiger partial charge in [-0.15, -0.1) is 0 Å². The van der Waals surface area contributed by atoms with Crippen molar-refractivity contribution in [3.05, 3.63) is 29.8 Å². The Hall–Kier alpha value is -2.09. The number of nitriles is 2. The lowest BCUT2D eigenvalue weighted by Gasteiger charge is -2.13. The molecule has 1 aromatic rings. The zero-order valence-corrected chi connectivity index (χ0v) is 10.9. The largest absolute Gasteiger partial charge is 0.309 e. The molecule has 0 aromatic heterocycles. The van der Waals surface area contributed by atoms with Crippen LogP contribution in [0.5, 0.6) is 0 Å². The van der Waals surface area contributed by atoms with Crippen LogP contribution in [-0.2, 0) is 10.0 Å². The van der Waals surface area contributed by atoms with Crippen molar-refractivity contribution in [3.8, 4) is 12.3 Å². The lowest BCUT2D eigenvalue weighted by atomic mass is 10.2. The highest BCUT2D eigenvalue weighted by atomic mass is 32.2. The molecule has 1 aliphatic heterocycles. The fourth-order valence-corrected chi connectivity index (χ4v) is 3.44. The predicted molar refractivity (Wildman–Crippen MR) is 67.1 cm³/mol. The number of sulfonamides is 1. The Morgan fingerprint density at radius 1 is 1.32 bits per heavy atom. The van der Waals surface area contributed by atoms with E-state index in [1.807, 2.05) is 12.3 Å². The third-order valence-electron chi connectivity index (χ3n) is 2.95. The van der Waals surface area contributed by atoms with Gasteiger partial charge in [-0.3, -0.25) is 0 Å². The smallest absolute Gasteiger partial charge is 0.242 e. The van der Waals surface area contributed by atoms with Crippen molar-refractivity contribution in [1.82, 2.24) is 9.62 Å². The zero-order chi connectivity index (χ0) is 13.9. The normalized spacial score (nSPS) is 18.8. The maximum Gasteiger partial charge on any atom is 0.242 e. The van der Waals surface area contributed by atoms with Gasteiger partial charge in [0.15, 0.2) is 6.19 Å². The molecule has 1 unspecified atom stereocenters. The topological polar surface area (TPSA) is 97.0 Å². The predicted octanol–water partition coefficient (Wildman–Crippen LogP) is 0.392. The number of hydrogen-bond acceptors (Lipinski definition) is 5. The van der Waals surface area contributed by atoms with E-state index in [0.717, 1.165) is 0 Å². The minimum Gasteiger partial charge on any atom is -0.309 e. The van der Waals surface area contributed by atoms with Gasteiger partial charge in [0.25, 0.3) is 0 Å². The van der Waals surface area contributed by atoms with Gasteiger partial charge in [0.05, 0.1) is 10.5 Å². The van der Waals surface area contributed by atoms with E-state index in [4.69, 9.17) is 10.5 Å². The number of nitrogens with one attached hydrogen (secondary N) is 1. The number of hydrogen-bond donors (Lipinski definition) is 1. The second kappa shape index (κ2) is 5.27. The molecule has 1 heterocycles. The lowest BCUT2D eigenvalue weighted by Crippen LogP contribution is -2.36. The van der Waals surface area contributed by atoms with E-state index in [2.05, 4.69) is 4.72 Å². The molecule has 0 amide bonds. The van der Waals surface area contributed by atoms with Crippen molar-refractivity contribution in [3.63, 3.8) is 0 Å². The van der Waals surface area contributed by atoms with Gasteiger partial charge < -0.3 is 4.90 Å². The minimum atomic E-state index is -3.73. The van der Waals surface area contributed by atoms with Crippen LogP contribution in [0.3, 0.4) is 0 Å². The third kappa shape index (κ3) is 2.84. The second-order valence-electron chi connectivity index (χ2n) is 4.26. The average molecular weight is 276 g/mol. The van der Waals surface area contributed by atoms with Gasteiger partial charge >= 0.3 is 0 Å². The molecule has 1 atom stereocenters. The van der Waals surface area contributed by atoms with Gasteiger partial charge in [0, 0.05) is 19.1 Å². The molecule has 6 nitrogen and oxygen atoms in total. The highest BCUT2D eigenvalue weighted by Crippen LogP contribution is 2.17. The summed E-state index contributed by atoms with van der Waals surface area (Å²) in [5, 5.41) is 17.7. The number of rotatable bonds is 3. The molecular formula is C12H12N4O2S. The summed E-state index contributed by atoms with van der Waals surface area (Å²) >= 11 is 0. The van der Waals surface area contributed by atoms with Gasteiger partial charge in [-0.05, 0) is 18.6 Å². The molecule has 2 rings (SSSR count). The van der Waals surface area contributed by atoms with Gasteiger partial charge in [0.1, 0.15) is 6.07 Å². The first-order valence-electron chi connectivity index (χ1n) is 5.73. The van der Waals surface area contributed by atoms with Crippen LogP contribution in [0, 0.1) is 22.8 Å². The number of likely N-dealkylation sites (tertiary alicyclic amines) is 1. The van der Waals surface area contributed by atoms with Crippen molar-refractivity contribution < 1.29 is 8.42 Å². The molecule has 0 spiro atoms. The molecule has 98 valence electrons. The summed E-state index contributed by atoms with van der Waals surface area (Å²) in [4.78, 5) is 1.48. The summed E-state index contributed by atoms with van der Waals surface area (Å²) in [7, 11) is -3.73. The molecular weight excluding hydrogens is 264 g/mol. The Morgan fingerprint density at radius 3 is 2.68 bits per heavy atom. The molecule has 0 aliphatic carbocycles. The van der Waals surface area contributed by atoms with Gasteiger partial charge in [-0.1, -0.05) is 12.1 Å². The summed E-state index contributed by atoms with van der Waals surface area (Å²) in [5.74, 6) is 0. The average Bonchev–Trinajstić information content (AvgIpc) is 2.85. The van der Waals surface area contributed by atoms with Crippen molar-refractivity contribution in [1.29, 1.82) is 10.5 Å². The molecule has 0 saturated carbocycles. The van der Waals surface area contributed by atoms with Gasteiger partial charge in [-0.2, -0.15) is 10.5 Å². The van der Waals surface area contributed by atoms with Crippen LogP contribution in [0.25, 0.3) is 0 Å². The Morgan fingerprint density at radius 2 is 2.05 bits per heavy atom. The van der Waals surface area contributed by atoms with E-state index in [-0.39, 0.29) is 16.5 Å². The maximum absolute atomic E-state index is 12.2. The van der Waals surface area contributed by atoms with Gasteiger partial charge in [-0.25, -0.2) is 13.1 Å². The quantitative estimate of drug-likeness (QED) is 0.805. The molecule has 1 saturated heterocycles. The van der Waals surface area contributed by atoms with Gasteiger partial charge in [0.2, 0.25) is 10.0 Å². The molecule has 19 heavy (non-hydrogen) atoms. The first-order valence-corrected chi connectivity index (χ1v) is 7.21. The first kappa shape index (κ1) is 13.3. The Kier molecular flexibility index (Phi) is 3.70. The molecule has 1 aliphatic rings. The second-order valence-corrected chi connectivity index (χ2v) is 5.94. The molecule has 0 bridgehead atoms. The third-order valence-corrected chi connectivity index (χ3v) is 4.53. The van der Waals surface area contributed by atoms with Crippen LogP contribution in [-0.4, -0.2) is 32.4 Å². The van der Waals surface area contributed by atoms with E-state index in [1.165, 1.54) is 17.0 Å². The molecule has 1 fully saturated rings. The van der Waals surface area contributed by atoms with E-state index in [9.17, 15) is 8.42 Å². The molecule has 1 N–H and O–H groups in total. The maximum atomic E-state index is 12.2. The molecule has 1 aromatic carbocycles. The minimum absolute atomic E-state index is 0.0205. The summed E-state index contributed by atoms with van der Waals surface area (Å²) < 4.78 is 26.9. The molecule has 0 radical (unpaired) electrons. The molecule has 7 heteroatoms. The fraction of sp³-hybridized carbons (Fsp3) is 0.333. The lowest BCUT2D eigenvalue weighted by molar-refractivity contribution is 0.470. The van der Waals surface area contributed by atoms with E-state index in [1.54, 1.807) is 12.1 Å². The van der Waals surface area contributed by atoms with Crippen LogP contribution < -0.4 is 4.72 Å². The Labute approximate surface area is 111 Å². The SMILES string of the molecule is N#Cc1ccccc1S(=O)(=O)NC1CCN(C#N)C1. The van der Waals surface area contributed by atoms with Crippen molar-refractivity contribution >= 4 is 10.0 Å². The number of nitrogens with zero attached hydrogens (tertiary/aromatic N) is 3. The van der Waals surface area contributed by atoms with Crippen molar-refractivity contribution in [2.75, 3.05) is 13.1 Å². The van der Waals surface area contributed by atoms with Crippen molar-refractivity contribution in [2.24, 2.45) is 0 Å². The highest BCUT2D eigenvalue weighted by Gasteiger charge is 2.27. The van der Waals surface area contributed by atoms with E-state index >= 15 is 0 Å². The van der Waals surface area contributed by atoms with Crippen LogP contribution in [0.15, 0.2) is 29.2 Å². The Bertz CT molecular complexity index is 657. The van der Waals surface area contributed by atoms with Crippen LogP contribution in [0.1, 0.15) is 12.0 Å². The van der Waals surface area contributed by atoms with Crippen LogP contribution in [0.2, 0.25) is 0 Å². The van der Waals surface area contributed by atoms with Crippen molar-refractivity contribution in [2.45, 2.75) is 17.4 Å². The fourth-order valence-electron chi connectivity index (χ4n) is 2.02. The summed E-state index contributed by atoms with van der Waals surface area (Å²) in [6, 6.07) is 7.62. The monoisotopic (exact) mass is 276 g/mol. The number of benzene rings is 1. The van der Waals surface area contributed by atoms with E-state index < -0.39 is 10.0 Å². The summed E-state index contributed by atoms with van der Waals surface area (Å²) in [5.41, 5.74) is 0.116. The van der Waals surface area contributed by atoms with Crippen LogP contribution >= 0.6 is 0 Å². The standard InChI is InChI=1S/C12H12N4O2S/c13-7-10-3-1-2-4-12(10)19(17,18)15-11-5-6-16(8-11)9-14/h1-4,11,15H,5-6,8H2. The summed E-state index contributed by atoms with van der Waals surface area (Å²) in [6.45, 7) is 0.911. The zero-order valence-electron chi connectivity index (χ0n) is 10.1. The van der Waals surface area contributed by atoms with Crippen LogP contribution in [0.4, 0.5) is 0 Å². The first-order chi connectivity index (χ1) is 9.06. The summed E-state index contributed by atoms with van der Waals surface area (Å²) in [6.07, 6.45) is 2.57. The highest BCUT2D eigenvalue weighted by molar-refractivity contribution is 7.89.